The van der Waals surface area contributed by atoms with E-state index in [9.17, 15) is 13.2 Å². The average molecular weight is 369 g/mol. The van der Waals surface area contributed by atoms with Crippen LogP contribution in [-0.4, -0.2) is 55.2 Å². The molecule has 140 valence electrons. The van der Waals surface area contributed by atoms with E-state index in [4.69, 9.17) is 10.2 Å². The molecule has 1 aromatic rings. The Labute approximate surface area is 149 Å². The van der Waals surface area contributed by atoms with E-state index in [1.807, 2.05) is 6.92 Å². The lowest BCUT2D eigenvalue weighted by Crippen LogP contribution is -2.51. The number of nitrogens with two attached hydrogens (primary N) is 1. The first-order valence-electron chi connectivity index (χ1n) is 8.99. The van der Waals surface area contributed by atoms with Gasteiger partial charge in [-0.05, 0) is 46.0 Å². The van der Waals surface area contributed by atoms with Gasteiger partial charge in [-0.2, -0.15) is 4.31 Å². The summed E-state index contributed by atoms with van der Waals surface area (Å²) in [5.41, 5.74) is 6.03. The van der Waals surface area contributed by atoms with Gasteiger partial charge in [-0.3, -0.25) is 4.79 Å². The Morgan fingerprint density at radius 3 is 2.52 bits per heavy atom. The molecule has 1 aromatic heterocycles. The van der Waals surface area contributed by atoms with Crippen LogP contribution in [0.3, 0.4) is 0 Å². The van der Waals surface area contributed by atoms with Crippen LogP contribution in [0.25, 0.3) is 0 Å². The fraction of sp³-hybridized carbons (Fsp3) is 0.706. The minimum atomic E-state index is -3.60. The normalized spacial score (nSPS) is 23.8. The van der Waals surface area contributed by atoms with Crippen molar-refractivity contribution in [3.05, 3.63) is 17.6 Å². The molecule has 0 aromatic carbocycles. The molecule has 2 N–H and O–H groups in total. The molecule has 2 aliphatic heterocycles. The molecule has 8 heteroatoms. The van der Waals surface area contributed by atoms with Crippen LogP contribution in [0.2, 0.25) is 0 Å². The Kier molecular flexibility index (Phi) is 5.22. The third-order valence-corrected chi connectivity index (χ3v) is 7.19. The van der Waals surface area contributed by atoms with E-state index >= 15 is 0 Å². The second-order valence-corrected chi connectivity index (χ2v) is 8.97. The molecule has 0 radical (unpaired) electrons. The van der Waals surface area contributed by atoms with Crippen molar-refractivity contribution in [3.63, 3.8) is 0 Å². The first kappa shape index (κ1) is 18.4. The molecular weight excluding hydrogens is 342 g/mol. The third kappa shape index (κ3) is 3.47. The number of furan rings is 1. The van der Waals surface area contributed by atoms with Crippen molar-refractivity contribution in [1.29, 1.82) is 0 Å². The van der Waals surface area contributed by atoms with Gasteiger partial charge < -0.3 is 15.1 Å². The van der Waals surface area contributed by atoms with Gasteiger partial charge >= 0.3 is 0 Å². The summed E-state index contributed by atoms with van der Waals surface area (Å²) in [6, 6.07) is 1.22. The van der Waals surface area contributed by atoms with Gasteiger partial charge in [-0.15, -0.1) is 0 Å². The minimum absolute atomic E-state index is 0.0368. The maximum atomic E-state index is 12.9. The number of amides is 1. The molecule has 3 rings (SSSR count). The molecule has 1 amide bonds. The fourth-order valence-corrected chi connectivity index (χ4v) is 5.47. The Hall–Kier alpha value is -1.38. The maximum absolute atomic E-state index is 12.9. The van der Waals surface area contributed by atoms with Crippen molar-refractivity contribution in [2.45, 2.75) is 62.9 Å². The zero-order chi connectivity index (χ0) is 18.2. The summed E-state index contributed by atoms with van der Waals surface area (Å²) in [5.74, 6) is 0.0837. The molecule has 0 bridgehead atoms. The number of aryl methyl sites for hydroxylation is 1. The second kappa shape index (κ2) is 7.09. The van der Waals surface area contributed by atoms with Gasteiger partial charge in [0.15, 0.2) is 5.76 Å². The molecule has 2 atom stereocenters. The van der Waals surface area contributed by atoms with E-state index in [0.29, 0.717) is 19.6 Å². The summed E-state index contributed by atoms with van der Waals surface area (Å²) >= 11 is 0. The average Bonchev–Trinajstić information content (AvgIpc) is 3.24. The Bertz CT molecular complexity index is 735. The third-order valence-electron chi connectivity index (χ3n) is 5.18. The summed E-state index contributed by atoms with van der Waals surface area (Å²) in [7, 11) is -3.60. The van der Waals surface area contributed by atoms with Gasteiger partial charge in [0.1, 0.15) is 10.7 Å². The quantitative estimate of drug-likeness (QED) is 0.871. The van der Waals surface area contributed by atoms with Crippen LogP contribution in [0.4, 0.5) is 0 Å². The number of carbonyl (C=O) groups excluding carboxylic acids is 1. The van der Waals surface area contributed by atoms with Crippen molar-refractivity contribution in [2.24, 2.45) is 5.73 Å². The van der Waals surface area contributed by atoms with Crippen molar-refractivity contribution in [1.82, 2.24) is 9.21 Å². The number of nitrogens with zero attached hydrogens (tertiary/aromatic N) is 2. The minimum Gasteiger partial charge on any atom is -0.455 e. The smallest absolute Gasteiger partial charge is 0.289 e. The van der Waals surface area contributed by atoms with E-state index in [1.165, 1.54) is 10.4 Å². The van der Waals surface area contributed by atoms with Gasteiger partial charge in [0.2, 0.25) is 10.0 Å². The molecule has 0 spiro atoms. The van der Waals surface area contributed by atoms with E-state index in [0.717, 1.165) is 32.1 Å². The monoisotopic (exact) mass is 369 g/mol. The maximum Gasteiger partial charge on any atom is 0.289 e. The molecule has 0 saturated carbocycles. The van der Waals surface area contributed by atoms with Crippen LogP contribution in [0.5, 0.6) is 0 Å². The number of carbonyl (C=O) groups is 1. The molecular formula is C17H27N3O4S. The first-order chi connectivity index (χ1) is 11.8. The Morgan fingerprint density at radius 1 is 1.24 bits per heavy atom. The van der Waals surface area contributed by atoms with Crippen LogP contribution in [0.15, 0.2) is 15.4 Å². The number of hydrogen-bond donors (Lipinski definition) is 1. The topological polar surface area (TPSA) is 96.8 Å². The van der Waals surface area contributed by atoms with Gasteiger partial charge in [0.25, 0.3) is 5.91 Å². The number of likely N-dealkylation sites (tertiary alicyclic amines) is 1. The number of sulfonamides is 1. The lowest BCUT2D eigenvalue weighted by Gasteiger charge is -2.37. The molecule has 2 aliphatic rings. The van der Waals surface area contributed by atoms with Gasteiger partial charge in [-0.25, -0.2) is 8.42 Å². The summed E-state index contributed by atoms with van der Waals surface area (Å²) in [5, 5.41) is 0. The number of hydrogen-bond acceptors (Lipinski definition) is 5. The van der Waals surface area contributed by atoms with Crippen LogP contribution in [-0.2, 0) is 10.0 Å². The molecule has 7 nitrogen and oxygen atoms in total. The highest BCUT2D eigenvalue weighted by Gasteiger charge is 2.35. The Morgan fingerprint density at radius 2 is 1.88 bits per heavy atom. The van der Waals surface area contributed by atoms with Crippen LogP contribution < -0.4 is 5.73 Å². The van der Waals surface area contributed by atoms with Crippen molar-refractivity contribution < 1.29 is 17.6 Å². The van der Waals surface area contributed by atoms with Gasteiger partial charge in [-0.1, -0.05) is 0 Å². The lowest BCUT2D eigenvalue weighted by molar-refractivity contribution is 0.0550. The summed E-state index contributed by atoms with van der Waals surface area (Å²) in [6.07, 6.45) is 4.56. The second-order valence-electron chi connectivity index (χ2n) is 7.06. The van der Waals surface area contributed by atoms with Crippen molar-refractivity contribution in [2.75, 3.05) is 19.6 Å². The molecule has 2 saturated heterocycles. The molecule has 0 aliphatic carbocycles. The largest absolute Gasteiger partial charge is 0.455 e. The SMILES string of the molecule is Cc1oc(C(=O)N2CCCCC2C(C)N)cc1S(=O)(=O)N1CCCC1. The van der Waals surface area contributed by atoms with E-state index in [2.05, 4.69) is 0 Å². The fourth-order valence-electron chi connectivity index (χ4n) is 3.79. The molecule has 25 heavy (non-hydrogen) atoms. The predicted octanol–water partition coefficient (Wildman–Crippen LogP) is 1.71. The number of piperidine rings is 1. The number of rotatable bonds is 4. The van der Waals surface area contributed by atoms with Crippen molar-refractivity contribution in [3.8, 4) is 0 Å². The molecule has 2 unspecified atom stereocenters. The summed E-state index contributed by atoms with van der Waals surface area (Å²) in [6.45, 7) is 5.16. The zero-order valence-corrected chi connectivity index (χ0v) is 15.7. The molecule has 2 fully saturated rings. The zero-order valence-electron chi connectivity index (χ0n) is 14.9. The summed E-state index contributed by atoms with van der Waals surface area (Å²) < 4.78 is 32.6. The van der Waals surface area contributed by atoms with E-state index < -0.39 is 10.0 Å². The van der Waals surface area contributed by atoms with Crippen molar-refractivity contribution >= 4 is 15.9 Å². The van der Waals surface area contributed by atoms with Crippen LogP contribution in [0.1, 0.15) is 55.3 Å². The molecule has 3 heterocycles. The highest BCUT2D eigenvalue weighted by Crippen LogP contribution is 2.28. The lowest BCUT2D eigenvalue weighted by atomic mass is 9.96. The van der Waals surface area contributed by atoms with Crippen LogP contribution >= 0.6 is 0 Å². The predicted molar refractivity (Wildman–Crippen MR) is 93.8 cm³/mol. The van der Waals surface area contributed by atoms with Gasteiger partial charge in [0.05, 0.1) is 0 Å². The van der Waals surface area contributed by atoms with E-state index in [-0.39, 0.29) is 34.4 Å². The standard InChI is InChI=1S/C17H27N3O4S/c1-12(18)14-7-3-4-10-20(14)17(21)15-11-16(13(2)24-15)25(22,23)19-8-5-6-9-19/h11-12,14H,3-10,18H2,1-2H3. The highest BCUT2D eigenvalue weighted by molar-refractivity contribution is 7.89. The highest BCUT2D eigenvalue weighted by atomic mass is 32.2. The van der Waals surface area contributed by atoms with Crippen LogP contribution in [0, 0.1) is 6.92 Å². The van der Waals surface area contributed by atoms with Gasteiger partial charge in [0, 0.05) is 37.8 Å². The Balaban J connectivity index is 1.87. The first-order valence-corrected chi connectivity index (χ1v) is 10.4. The summed E-state index contributed by atoms with van der Waals surface area (Å²) in [4.78, 5) is 14.7. The van der Waals surface area contributed by atoms with E-state index in [1.54, 1.807) is 11.8 Å².